The standard InChI is InChI=1S/C12H27N3/c1-6-10(2)9-15(5)8-7-12(3,4)11(13)14/h10H,6-9H2,1-5H3,(H3,13,14). The summed E-state index contributed by atoms with van der Waals surface area (Å²) in [5.74, 6) is 1.04. The third-order valence-electron chi connectivity index (χ3n) is 3.17. The zero-order valence-corrected chi connectivity index (χ0v) is 10.9. The third-order valence-corrected chi connectivity index (χ3v) is 3.17. The summed E-state index contributed by atoms with van der Waals surface area (Å²) in [5.41, 5.74) is 5.39. The molecule has 15 heavy (non-hydrogen) atoms. The van der Waals surface area contributed by atoms with E-state index in [-0.39, 0.29) is 5.41 Å². The molecule has 3 heteroatoms. The summed E-state index contributed by atoms with van der Waals surface area (Å²) in [5, 5.41) is 7.48. The van der Waals surface area contributed by atoms with Crippen molar-refractivity contribution in [2.75, 3.05) is 20.1 Å². The summed E-state index contributed by atoms with van der Waals surface area (Å²) in [6.45, 7) is 10.7. The van der Waals surface area contributed by atoms with Crippen LogP contribution in [0.25, 0.3) is 0 Å². The van der Waals surface area contributed by atoms with E-state index >= 15 is 0 Å². The molecule has 0 aromatic rings. The molecule has 0 fully saturated rings. The zero-order valence-electron chi connectivity index (χ0n) is 10.9. The Morgan fingerprint density at radius 1 is 1.47 bits per heavy atom. The second-order valence-electron chi connectivity index (χ2n) is 5.32. The lowest BCUT2D eigenvalue weighted by molar-refractivity contribution is 0.254. The smallest absolute Gasteiger partial charge is 0.0963 e. The van der Waals surface area contributed by atoms with E-state index in [1.165, 1.54) is 6.42 Å². The van der Waals surface area contributed by atoms with Crippen LogP contribution in [-0.2, 0) is 0 Å². The highest BCUT2D eigenvalue weighted by molar-refractivity contribution is 5.82. The molecule has 0 aromatic heterocycles. The number of rotatable bonds is 7. The van der Waals surface area contributed by atoms with Crippen molar-refractivity contribution in [3.8, 4) is 0 Å². The molecule has 0 heterocycles. The molecule has 1 atom stereocenters. The molecule has 0 bridgehead atoms. The number of nitrogens with zero attached hydrogens (tertiary/aromatic N) is 1. The van der Waals surface area contributed by atoms with Crippen LogP contribution in [0, 0.1) is 16.7 Å². The van der Waals surface area contributed by atoms with Crippen molar-refractivity contribution in [3.63, 3.8) is 0 Å². The molecule has 0 rings (SSSR count). The number of hydrogen-bond acceptors (Lipinski definition) is 2. The Labute approximate surface area is 94.5 Å². The fraction of sp³-hybridized carbons (Fsp3) is 0.917. The lowest BCUT2D eigenvalue weighted by Crippen LogP contribution is -2.35. The van der Waals surface area contributed by atoms with Gasteiger partial charge < -0.3 is 10.6 Å². The van der Waals surface area contributed by atoms with Crippen molar-refractivity contribution in [1.82, 2.24) is 4.90 Å². The summed E-state index contributed by atoms with van der Waals surface area (Å²) >= 11 is 0. The highest BCUT2D eigenvalue weighted by Crippen LogP contribution is 2.20. The van der Waals surface area contributed by atoms with Crippen molar-refractivity contribution in [1.29, 1.82) is 5.41 Å². The molecule has 0 amide bonds. The van der Waals surface area contributed by atoms with Crippen LogP contribution in [0.5, 0.6) is 0 Å². The van der Waals surface area contributed by atoms with Gasteiger partial charge in [0.1, 0.15) is 0 Å². The van der Waals surface area contributed by atoms with Crippen LogP contribution in [0.4, 0.5) is 0 Å². The number of nitrogens with one attached hydrogen (secondary N) is 1. The largest absolute Gasteiger partial charge is 0.387 e. The van der Waals surface area contributed by atoms with Crippen molar-refractivity contribution >= 4 is 5.84 Å². The normalized spacial score (nSPS) is 14.3. The molecule has 3 nitrogen and oxygen atoms in total. The molecule has 3 N–H and O–H groups in total. The quantitative estimate of drug-likeness (QED) is 0.504. The number of amidine groups is 1. The van der Waals surface area contributed by atoms with E-state index in [1.54, 1.807) is 0 Å². The first-order valence-electron chi connectivity index (χ1n) is 5.82. The van der Waals surface area contributed by atoms with E-state index < -0.39 is 0 Å². The average Bonchev–Trinajstić information content (AvgIpc) is 2.14. The Morgan fingerprint density at radius 3 is 2.40 bits per heavy atom. The summed E-state index contributed by atoms with van der Waals surface area (Å²) in [7, 11) is 2.14. The molecule has 0 aliphatic rings. The van der Waals surface area contributed by atoms with E-state index in [2.05, 4.69) is 25.8 Å². The van der Waals surface area contributed by atoms with Crippen LogP contribution < -0.4 is 5.73 Å². The summed E-state index contributed by atoms with van der Waals surface area (Å²) in [6, 6.07) is 0. The van der Waals surface area contributed by atoms with Crippen molar-refractivity contribution in [2.24, 2.45) is 17.1 Å². The lowest BCUT2D eigenvalue weighted by Gasteiger charge is -2.27. The molecule has 0 aromatic carbocycles. The number of nitrogens with two attached hydrogens (primary N) is 1. The van der Waals surface area contributed by atoms with Gasteiger partial charge in [0, 0.05) is 12.0 Å². The van der Waals surface area contributed by atoms with Crippen molar-refractivity contribution in [3.05, 3.63) is 0 Å². The predicted molar refractivity (Wildman–Crippen MR) is 67.3 cm³/mol. The van der Waals surface area contributed by atoms with Crippen LogP contribution in [0.3, 0.4) is 0 Å². The molecule has 1 unspecified atom stereocenters. The van der Waals surface area contributed by atoms with Gasteiger partial charge in [-0.2, -0.15) is 0 Å². The summed E-state index contributed by atoms with van der Waals surface area (Å²) in [6.07, 6.45) is 2.18. The highest BCUT2D eigenvalue weighted by Gasteiger charge is 2.21. The molecule has 0 saturated carbocycles. The minimum Gasteiger partial charge on any atom is -0.387 e. The second-order valence-corrected chi connectivity index (χ2v) is 5.32. The Kier molecular flexibility index (Phi) is 5.88. The molecule has 0 saturated heterocycles. The average molecular weight is 213 g/mol. The minimum atomic E-state index is -0.163. The van der Waals surface area contributed by atoms with Gasteiger partial charge >= 0.3 is 0 Å². The Bertz CT molecular complexity index is 199. The molecule has 0 aliphatic carbocycles. The van der Waals surface area contributed by atoms with Gasteiger partial charge in [-0.3, -0.25) is 5.41 Å². The zero-order chi connectivity index (χ0) is 12.1. The molecular formula is C12H27N3. The topological polar surface area (TPSA) is 53.1 Å². The van der Waals surface area contributed by atoms with Gasteiger partial charge in [0.05, 0.1) is 5.84 Å². The van der Waals surface area contributed by atoms with E-state index in [1.807, 2.05) is 13.8 Å². The predicted octanol–water partition coefficient (Wildman–Crippen LogP) is 2.32. The van der Waals surface area contributed by atoms with Gasteiger partial charge in [-0.25, -0.2) is 0 Å². The van der Waals surface area contributed by atoms with E-state index in [0.717, 1.165) is 25.4 Å². The van der Waals surface area contributed by atoms with Crippen LogP contribution in [0.1, 0.15) is 40.5 Å². The van der Waals surface area contributed by atoms with E-state index in [0.29, 0.717) is 5.84 Å². The monoisotopic (exact) mass is 213 g/mol. The first-order chi connectivity index (χ1) is 6.79. The maximum absolute atomic E-state index is 7.48. The first kappa shape index (κ1) is 14.4. The maximum atomic E-state index is 7.48. The summed E-state index contributed by atoms with van der Waals surface area (Å²) in [4.78, 5) is 2.33. The molecule has 0 aliphatic heterocycles. The van der Waals surface area contributed by atoms with Gasteiger partial charge in [0.2, 0.25) is 0 Å². The first-order valence-corrected chi connectivity index (χ1v) is 5.82. The second kappa shape index (κ2) is 6.11. The molecular weight excluding hydrogens is 186 g/mol. The van der Waals surface area contributed by atoms with E-state index in [9.17, 15) is 0 Å². The van der Waals surface area contributed by atoms with Crippen molar-refractivity contribution < 1.29 is 0 Å². The van der Waals surface area contributed by atoms with Gasteiger partial charge in [0.15, 0.2) is 0 Å². The van der Waals surface area contributed by atoms with E-state index in [4.69, 9.17) is 11.1 Å². The van der Waals surface area contributed by atoms with Crippen LogP contribution in [-0.4, -0.2) is 30.9 Å². The van der Waals surface area contributed by atoms with Crippen LogP contribution >= 0.6 is 0 Å². The minimum absolute atomic E-state index is 0.163. The van der Waals surface area contributed by atoms with Gasteiger partial charge in [-0.05, 0) is 25.9 Å². The lowest BCUT2D eigenvalue weighted by atomic mass is 9.88. The molecule has 90 valence electrons. The molecule has 0 radical (unpaired) electrons. The number of hydrogen-bond donors (Lipinski definition) is 2. The Balaban J connectivity index is 3.90. The van der Waals surface area contributed by atoms with Gasteiger partial charge in [-0.1, -0.05) is 34.1 Å². The summed E-state index contributed by atoms with van der Waals surface area (Å²) < 4.78 is 0. The fourth-order valence-electron chi connectivity index (χ4n) is 1.36. The van der Waals surface area contributed by atoms with Gasteiger partial charge in [-0.15, -0.1) is 0 Å². The van der Waals surface area contributed by atoms with Crippen molar-refractivity contribution in [2.45, 2.75) is 40.5 Å². The SMILES string of the molecule is CCC(C)CN(C)CCC(C)(C)C(=N)N. The van der Waals surface area contributed by atoms with Crippen LogP contribution in [0.2, 0.25) is 0 Å². The Hall–Kier alpha value is -0.570. The van der Waals surface area contributed by atoms with Gasteiger partial charge in [0.25, 0.3) is 0 Å². The molecule has 0 spiro atoms. The highest BCUT2D eigenvalue weighted by atomic mass is 15.1. The fourth-order valence-corrected chi connectivity index (χ4v) is 1.36. The Morgan fingerprint density at radius 2 is 2.00 bits per heavy atom. The maximum Gasteiger partial charge on any atom is 0.0963 e. The van der Waals surface area contributed by atoms with Crippen LogP contribution in [0.15, 0.2) is 0 Å². The third kappa shape index (κ3) is 5.78.